The van der Waals surface area contributed by atoms with Crippen LogP contribution in [0, 0.1) is 5.92 Å². The van der Waals surface area contributed by atoms with Crippen LogP contribution in [0.15, 0.2) is 79.3 Å². The van der Waals surface area contributed by atoms with E-state index in [2.05, 4.69) is 36.5 Å². The molecule has 2 aromatic carbocycles. The van der Waals surface area contributed by atoms with Crippen LogP contribution < -0.4 is 5.32 Å². The van der Waals surface area contributed by atoms with Crippen molar-refractivity contribution >= 4 is 33.5 Å². The number of amides is 1. The fraction of sp³-hybridized carbons (Fsp3) is 0.103. The summed E-state index contributed by atoms with van der Waals surface area (Å²) in [5.74, 6) is 0.0406. The number of hydrogen-bond donors (Lipinski definition) is 4. The van der Waals surface area contributed by atoms with Crippen molar-refractivity contribution in [1.29, 1.82) is 0 Å². The molecular formula is C29H24N6O2. The Morgan fingerprint density at radius 2 is 1.76 bits per heavy atom. The maximum atomic E-state index is 12.1. The van der Waals surface area contributed by atoms with Gasteiger partial charge in [-0.25, -0.2) is 4.98 Å². The van der Waals surface area contributed by atoms with Gasteiger partial charge in [0, 0.05) is 45.7 Å². The molecule has 4 N–H and O–H groups in total. The standard InChI is InChI=1S/C29H24N6O2/c1-16(2)29(37)32-20-9-18(13-30-15-20)19-11-24-27(34-35-28(24)31-14-19)26-12-23-22(7-4-8-25(23)33-26)17-5-3-6-21(36)10-17/h3-16,33,36H,1-2H3,(H,32,37)(H,31,34,35). The number of phenolic OH excluding ortho intramolecular Hbond substituents is 1. The third kappa shape index (κ3) is 4.18. The van der Waals surface area contributed by atoms with E-state index in [-0.39, 0.29) is 17.6 Å². The number of benzene rings is 2. The lowest BCUT2D eigenvalue weighted by molar-refractivity contribution is -0.118. The molecule has 1 amide bonds. The first-order valence-electron chi connectivity index (χ1n) is 12.0. The third-order valence-electron chi connectivity index (χ3n) is 6.36. The highest BCUT2D eigenvalue weighted by Crippen LogP contribution is 2.35. The minimum atomic E-state index is -0.125. The minimum absolute atomic E-state index is 0.0615. The summed E-state index contributed by atoms with van der Waals surface area (Å²) < 4.78 is 0. The smallest absolute Gasteiger partial charge is 0.226 e. The van der Waals surface area contributed by atoms with E-state index in [0.29, 0.717) is 11.3 Å². The number of hydrogen-bond acceptors (Lipinski definition) is 5. The van der Waals surface area contributed by atoms with Gasteiger partial charge in [-0.1, -0.05) is 38.1 Å². The molecule has 4 heterocycles. The first-order valence-corrected chi connectivity index (χ1v) is 12.0. The Morgan fingerprint density at radius 3 is 2.59 bits per heavy atom. The minimum Gasteiger partial charge on any atom is -0.508 e. The average molecular weight is 489 g/mol. The maximum absolute atomic E-state index is 12.1. The van der Waals surface area contributed by atoms with Gasteiger partial charge in [-0.05, 0) is 47.5 Å². The van der Waals surface area contributed by atoms with Crippen LogP contribution in [0.4, 0.5) is 5.69 Å². The van der Waals surface area contributed by atoms with Crippen LogP contribution in [0.3, 0.4) is 0 Å². The summed E-state index contributed by atoms with van der Waals surface area (Å²) in [5, 5.41) is 22.3. The Bertz CT molecular complexity index is 1780. The van der Waals surface area contributed by atoms with Crippen molar-refractivity contribution in [2.45, 2.75) is 13.8 Å². The van der Waals surface area contributed by atoms with Gasteiger partial charge in [0.1, 0.15) is 5.75 Å². The average Bonchev–Trinajstić information content (AvgIpc) is 3.52. The Balaban J connectivity index is 1.41. The van der Waals surface area contributed by atoms with Gasteiger partial charge in [0.2, 0.25) is 5.91 Å². The third-order valence-corrected chi connectivity index (χ3v) is 6.36. The largest absolute Gasteiger partial charge is 0.508 e. The number of rotatable bonds is 5. The molecule has 0 unspecified atom stereocenters. The van der Waals surface area contributed by atoms with E-state index in [0.717, 1.165) is 49.9 Å². The van der Waals surface area contributed by atoms with Crippen molar-refractivity contribution in [2.75, 3.05) is 5.32 Å². The molecule has 8 heteroatoms. The van der Waals surface area contributed by atoms with Gasteiger partial charge in [-0.2, -0.15) is 5.10 Å². The Hall–Kier alpha value is -4.98. The number of nitrogens with one attached hydrogen (secondary N) is 3. The Morgan fingerprint density at radius 1 is 0.919 bits per heavy atom. The molecule has 8 nitrogen and oxygen atoms in total. The molecule has 6 rings (SSSR count). The summed E-state index contributed by atoms with van der Waals surface area (Å²) in [5.41, 5.74) is 7.56. The predicted molar refractivity (Wildman–Crippen MR) is 145 cm³/mol. The monoisotopic (exact) mass is 488 g/mol. The number of H-pyrrole nitrogens is 2. The molecule has 182 valence electrons. The molecule has 0 aliphatic rings. The quantitative estimate of drug-likeness (QED) is 0.232. The summed E-state index contributed by atoms with van der Waals surface area (Å²) in [6, 6.07) is 19.3. The van der Waals surface area contributed by atoms with Crippen LogP contribution in [0.1, 0.15) is 13.8 Å². The topological polar surface area (TPSA) is 120 Å². The predicted octanol–water partition coefficient (Wildman–Crippen LogP) is 6.14. The SMILES string of the molecule is CC(C)C(=O)Nc1cncc(-c2cnc3n[nH]c(-c4cc5c(-c6cccc(O)c6)cccc5[nH]4)c3c2)c1. The van der Waals surface area contributed by atoms with Crippen LogP contribution in [0.5, 0.6) is 5.75 Å². The lowest BCUT2D eigenvalue weighted by Crippen LogP contribution is -2.17. The van der Waals surface area contributed by atoms with E-state index in [9.17, 15) is 9.90 Å². The molecule has 0 aliphatic heterocycles. The number of carbonyl (C=O) groups excluding carboxylic acids is 1. The fourth-order valence-corrected chi connectivity index (χ4v) is 4.43. The number of pyridine rings is 2. The van der Waals surface area contributed by atoms with E-state index in [1.807, 2.05) is 56.3 Å². The number of phenols is 1. The molecular weight excluding hydrogens is 464 g/mol. The molecule has 0 radical (unpaired) electrons. The van der Waals surface area contributed by atoms with Crippen molar-refractivity contribution < 1.29 is 9.90 Å². The zero-order chi connectivity index (χ0) is 25.5. The van der Waals surface area contributed by atoms with Crippen molar-refractivity contribution in [3.05, 3.63) is 79.3 Å². The highest BCUT2D eigenvalue weighted by atomic mass is 16.3. The number of aromatic nitrogens is 5. The van der Waals surface area contributed by atoms with Crippen molar-refractivity contribution in [2.24, 2.45) is 5.92 Å². The van der Waals surface area contributed by atoms with Crippen molar-refractivity contribution in [3.8, 4) is 39.4 Å². The van der Waals surface area contributed by atoms with Crippen LogP contribution in [0.25, 0.3) is 55.6 Å². The summed E-state index contributed by atoms with van der Waals surface area (Å²) in [7, 11) is 0. The number of anilines is 1. The fourth-order valence-electron chi connectivity index (χ4n) is 4.43. The van der Waals surface area contributed by atoms with Crippen LogP contribution >= 0.6 is 0 Å². The summed E-state index contributed by atoms with van der Waals surface area (Å²) >= 11 is 0. The van der Waals surface area contributed by atoms with E-state index >= 15 is 0 Å². The molecule has 37 heavy (non-hydrogen) atoms. The second kappa shape index (κ2) is 8.91. The van der Waals surface area contributed by atoms with E-state index < -0.39 is 0 Å². The lowest BCUT2D eigenvalue weighted by Gasteiger charge is -2.09. The number of carbonyl (C=O) groups is 1. The van der Waals surface area contributed by atoms with Gasteiger partial charge >= 0.3 is 0 Å². The van der Waals surface area contributed by atoms with Crippen LogP contribution in [-0.4, -0.2) is 36.2 Å². The van der Waals surface area contributed by atoms with Crippen molar-refractivity contribution in [3.63, 3.8) is 0 Å². The van der Waals surface area contributed by atoms with Crippen molar-refractivity contribution in [1.82, 2.24) is 25.1 Å². The molecule has 0 atom stereocenters. The Labute approximate surface area is 212 Å². The van der Waals surface area contributed by atoms with Gasteiger partial charge in [0.05, 0.1) is 23.3 Å². The normalized spacial score (nSPS) is 11.4. The second-order valence-electron chi connectivity index (χ2n) is 9.30. The van der Waals surface area contributed by atoms with Gasteiger partial charge in [-0.15, -0.1) is 0 Å². The van der Waals surface area contributed by atoms with Crippen LogP contribution in [0.2, 0.25) is 0 Å². The first-order chi connectivity index (χ1) is 18.0. The number of nitrogens with zero attached hydrogens (tertiary/aromatic N) is 3. The molecule has 0 saturated carbocycles. The highest BCUT2D eigenvalue weighted by Gasteiger charge is 2.15. The summed E-state index contributed by atoms with van der Waals surface area (Å²) in [6.07, 6.45) is 5.13. The zero-order valence-corrected chi connectivity index (χ0v) is 20.3. The number of aromatic amines is 2. The van der Waals surface area contributed by atoms with Gasteiger partial charge in [0.25, 0.3) is 0 Å². The summed E-state index contributed by atoms with van der Waals surface area (Å²) in [4.78, 5) is 24.5. The molecule has 0 bridgehead atoms. The van der Waals surface area contributed by atoms with Gasteiger partial charge in [-0.3, -0.25) is 14.9 Å². The molecule has 0 saturated heterocycles. The molecule has 6 aromatic rings. The molecule has 0 spiro atoms. The molecule has 4 aromatic heterocycles. The van der Waals surface area contributed by atoms with E-state index in [1.165, 1.54) is 0 Å². The maximum Gasteiger partial charge on any atom is 0.226 e. The van der Waals surface area contributed by atoms with E-state index in [1.54, 1.807) is 30.7 Å². The number of fused-ring (bicyclic) bond motifs is 2. The molecule has 0 aliphatic carbocycles. The molecule has 0 fully saturated rings. The number of aromatic hydroxyl groups is 1. The van der Waals surface area contributed by atoms with E-state index in [4.69, 9.17) is 0 Å². The zero-order valence-electron chi connectivity index (χ0n) is 20.3. The van der Waals surface area contributed by atoms with Gasteiger partial charge in [0.15, 0.2) is 5.65 Å². The lowest BCUT2D eigenvalue weighted by atomic mass is 10.0. The first kappa shape index (κ1) is 22.5. The van der Waals surface area contributed by atoms with Crippen LogP contribution in [-0.2, 0) is 4.79 Å². The highest BCUT2D eigenvalue weighted by molar-refractivity contribution is 6.01. The summed E-state index contributed by atoms with van der Waals surface area (Å²) in [6.45, 7) is 3.70. The Kier molecular flexibility index (Phi) is 5.41. The second-order valence-corrected chi connectivity index (χ2v) is 9.30. The van der Waals surface area contributed by atoms with Gasteiger partial charge < -0.3 is 15.4 Å².